The van der Waals surface area contributed by atoms with Gasteiger partial charge in [-0.05, 0) is 20.8 Å². The molecular weight excluding hydrogens is 210 g/mol. The van der Waals surface area contributed by atoms with Gasteiger partial charge < -0.3 is 11.1 Å². The maximum absolute atomic E-state index is 10.9. The van der Waals surface area contributed by atoms with Gasteiger partial charge in [0, 0.05) is 19.1 Å². The van der Waals surface area contributed by atoms with Crippen molar-refractivity contribution in [1.82, 2.24) is 9.78 Å². The molecule has 1 atom stereocenters. The summed E-state index contributed by atoms with van der Waals surface area (Å²) in [4.78, 5) is 10.5. The summed E-state index contributed by atoms with van der Waals surface area (Å²) in [5, 5.41) is 18.0. The zero-order valence-electron chi connectivity index (χ0n) is 9.73. The summed E-state index contributed by atoms with van der Waals surface area (Å²) in [6, 6.07) is -0.0277. The Morgan fingerprint density at radius 3 is 2.75 bits per heavy atom. The van der Waals surface area contributed by atoms with Crippen LogP contribution in [0.1, 0.15) is 19.5 Å². The summed E-state index contributed by atoms with van der Waals surface area (Å²) in [6.07, 6.45) is 0. The number of nitrogens with zero attached hydrogens (tertiary/aromatic N) is 3. The van der Waals surface area contributed by atoms with Crippen LogP contribution < -0.4 is 11.1 Å². The molecule has 7 nitrogen and oxygen atoms in total. The van der Waals surface area contributed by atoms with E-state index >= 15 is 0 Å². The second-order valence-corrected chi connectivity index (χ2v) is 3.64. The molecular formula is C9H17N5O2. The van der Waals surface area contributed by atoms with E-state index in [0.717, 1.165) is 0 Å². The minimum Gasteiger partial charge on any atom is -0.361 e. The Balaban J connectivity index is 3.16. The number of nitrogens with one attached hydrogen (secondary N) is 1. The van der Waals surface area contributed by atoms with Crippen LogP contribution in [0.15, 0.2) is 0 Å². The van der Waals surface area contributed by atoms with E-state index in [0.29, 0.717) is 24.6 Å². The van der Waals surface area contributed by atoms with Crippen molar-refractivity contribution in [3.63, 3.8) is 0 Å². The number of nitro groups is 1. The van der Waals surface area contributed by atoms with E-state index in [9.17, 15) is 10.1 Å². The molecule has 1 aromatic rings. The van der Waals surface area contributed by atoms with Crippen molar-refractivity contribution in [3.8, 4) is 0 Å². The summed E-state index contributed by atoms with van der Waals surface area (Å²) in [5.41, 5.74) is 5.93. The highest BCUT2D eigenvalue weighted by Gasteiger charge is 2.25. The van der Waals surface area contributed by atoms with Crippen LogP contribution >= 0.6 is 0 Å². The molecule has 0 aliphatic rings. The van der Waals surface area contributed by atoms with E-state index in [2.05, 4.69) is 10.4 Å². The van der Waals surface area contributed by atoms with E-state index in [4.69, 9.17) is 5.73 Å². The first-order valence-electron chi connectivity index (χ1n) is 5.19. The first-order chi connectivity index (χ1) is 7.51. The lowest BCUT2D eigenvalue weighted by molar-refractivity contribution is -0.384. The number of rotatable bonds is 5. The number of anilines is 1. The van der Waals surface area contributed by atoms with Gasteiger partial charge in [0.05, 0.1) is 4.92 Å². The Morgan fingerprint density at radius 1 is 1.69 bits per heavy atom. The van der Waals surface area contributed by atoms with Crippen LogP contribution in [-0.4, -0.2) is 27.3 Å². The Hall–Kier alpha value is -1.63. The molecule has 0 spiro atoms. The predicted molar refractivity (Wildman–Crippen MR) is 61.4 cm³/mol. The molecule has 0 aliphatic carbocycles. The summed E-state index contributed by atoms with van der Waals surface area (Å²) in [5.74, 6) is 0.433. The second kappa shape index (κ2) is 4.93. The molecule has 0 radical (unpaired) electrons. The van der Waals surface area contributed by atoms with Crippen molar-refractivity contribution in [2.45, 2.75) is 33.4 Å². The largest absolute Gasteiger partial charge is 0.361 e. The lowest BCUT2D eigenvalue weighted by Crippen LogP contribution is -2.26. The highest BCUT2D eigenvalue weighted by molar-refractivity contribution is 5.60. The molecule has 0 bridgehead atoms. The van der Waals surface area contributed by atoms with Crippen molar-refractivity contribution in [3.05, 3.63) is 15.8 Å². The van der Waals surface area contributed by atoms with Crippen LogP contribution in [0.3, 0.4) is 0 Å². The van der Waals surface area contributed by atoms with Gasteiger partial charge >= 0.3 is 5.69 Å². The average Bonchev–Trinajstić information content (AvgIpc) is 2.54. The van der Waals surface area contributed by atoms with Crippen molar-refractivity contribution in [1.29, 1.82) is 0 Å². The number of hydrogen-bond acceptors (Lipinski definition) is 5. The minimum atomic E-state index is -0.417. The quantitative estimate of drug-likeness (QED) is 0.574. The van der Waals surface area contributed by atoms with Crippen LogP contribution in [0.5, 0.6) is 0 Å². The van der Waals surface area contributed by atoms with Gasteiger partial charge in [-0.1, -0.05) is 0 Å². The Morgan fingerprint density at radius 2 is 2.31 bits per heavy atom. The monoisotopic (exact) mass is 227 g/mol. The van der Waals surface area contributed by atoms with Crippen LogP contribution in [0.2, 0.25) is 0 Å². The fourth-order valence-electron chi connectivity index (χ4n) is 1.45. The van der Waals surface area contributed by atoms with E-state index in [1.54, 1.807) is 11.6 Å². The number of hydrogen-bond donors (Lipinski definition) is 2. The topological polar surface area (TPSA) is 99.0 Å². The molecule has 0 amide bonds. The van der Waals surface area contributed by atoms with Crippen LogP contribution in [0.4, 0.5) is 11.5 Å². The van der Waals surface area contributed by atoms with Crippen molar-refractivity contribution in [2.24, 2.45) is 5.73 Å². The molecule has 0 aliphatic heterocycles. The predicted octanol–water partition coefficient (Wildman–Crippen LogP) is 0.879. The maximum Gasteiger partial charge on any atom is 0.333 e. The first kappa shape index (κ1) is 12.4. The summed E-state index contributed by atoms with van der Waals surface area (Å²) >= 11 is 0. The van der Waals surface area contributed by atoms with Gasteiger partial charge in [0.1, 0.15) is 5.69 Å². The van der Waals surface area contributed by atoms with Crippen LogP contribution in [0.25, 0.3) is 0 Å². The smallest absolute Gasteiger partial charge is 0.333 e. The molecule has 90 valence electrons. The van der Waals surface area contributed by atoms with E-state index in [1.807, 2.05) is 13.8 Å². The third-order valence-electron chi connectivity index (χ3n) is 2.31. The average molecular weight is 227 g/mol. The molecule has 1 aromatic heterocycles. The van der Waals surface area contributed by atoms with E-state index in [-0.39, 0.29) is 11.7 Å². The van der Waals surface area contributed by atoms with Gasteiger partial charge in [-0.2, -0.15) is 5.10 Å². The first-order valence-corrected chi connectivity index (χ1v) is 5.19. The van der Waals surface area contributed by atoms with Crippen molar-refractivity contribution >= 4 is 11.5 Å². The molecule has 1 heterocycles. The Kier molecular flexibility index (Phi) is 3.83. The summed E-state index contributed by atoms with van der Waals surface area (Å²) in [6.45, 7) is 6.36. The highest BCUT2D eigenvalue weighted by Crippen LogP contribution is 2.28. The molecule has 1 rings (SSSR count). The van der Waals surface area contributed by atoms with E-state index in [1.165, 1.54) is 0 Å². The Labute approximate surface area is 93.8 Å². The van der Waals surface area contributed by atoms with Crippen molar-refractivity contribution in [2.75, 3.05) is 11.9 Å². The molecule has 3 N–H and O–H groups in total. The van der Waals surface area contributed by atoms with Gasteiger partial charge in [-0.25, -0.2) is 4.68 Å². The molecule has 7 heteroatoms. The van der Waals surface area contributed by atoms with Gasteiger partial charge in [-0.15, -0.1) is 0 Å². The van der Waals surface area contributed by atoms with Gasteiger partial charge in [0.2, 0.25) is 5.82 Å². The lowest BCUT2D eigenvalue weighted by Gasteiger charge is -2.12. The second-order valence-electron chi connectivity index (χ2n) is 3.64. The molecule has 0 saturated heterocycles. The standard InChI is InChI=1S/C9H17N5O2/c1-4-13-9(11-6(2)5-10)8(14(15)16)7(3)12-13/h6,11H,4-5,10H2,1-3H3. The summed E-state index contributed by atoms with van der Waals surface area (Å²) in [7, 11) is 0. The van der Waals surface area contributed by atoms with Crippen molar-refractivity contribution < 1.29 is 4.92 Å². The number of aromatic nitrogens is 2. The van der Waals surface area contributed by atoms with Crippen LogP contribution in [0, 0.1) is 17.0 Å². The van der Waals surface area contributed by atoms with Crippen LogP contribution in [-0.2, 0) is 6.54 Å². The fraction of sp³-hybridized carbons (Fsp3) is 0.667. The minimum absolute atomic E-state index is 0.0277. The fourth-order valence-corrected chi connectivity index (χ4v) is 1.45. The van der Waals surface area contributed by atoms with E-state index < -0.39 is 4.92 Å². The molecule has 0 fully saturated rings. The highest BCUT2D eigenvalue weighted by atomic mass is 16.6. The van der Waals surface area contributed by atoms with Gasteiger partial charge in [0.15, 0.2) is 0 Å². The third-order valence-corrected chi connectivity index (χ3v) is 2.31. The normalized spacial score (nSPS) is 12.5. The maximum atomic E-state index is 10.9. The number of nitrogens with two attached hydrogens (primary N) is 1. The van der Waals surface area contributed by atoms with Gasteiger partial charge in [-0.3, -0.25) is 10.1 Å². The van der Waals surface area contributed by atoms with Gasteiger partial charge in [0.25, 0.3) is 0 Å². The zero-order chi connectivity index (χ0) is 12.3. The Bertz CT molecular complexity index is 387. The molecule has 16 heavy (non-hydrogen) atoms. The molecule has 0 aromatic carbocycles. The summed E-state index contributed by atoms with van der Waals surface area (Å²) < 4.78 is 1.58. The zero-order valence-corrected chi connectivity index (χ0v) is 9.73. The number of aryl methyl sites for hydroxylation is 2. The lowest BCUT2D eigenvalue weighted by atomic mass is 10.3. The SMILES string of the molecule is CCn1nc(C)c([N+](=O)[O-])c1NC(C)CN. The molecule has 0 saturated carbocycles. The molecule has 1 unspecified atom stereocenters. The third kappa shape index (κ3) is 2.30.